The van der Waals surface area contributed by atoms with Crippen LogP contribution < -0.4 is 5.11 Å². The Morgan fingerprint density at radius 3 is 1.78 bits per heavy atom. The summed E-state index contributed by atoms with van der Waals surface area (Å²) in [6.07, 6.45) is 8.60. The molecule has 0 amide bonds. The van der Waals surface area contributed by atoms with Crippen LogP contribution >= 0.6 is 17.0 Å². The lowest BCUT2D eigenvalue weighted by Gasteiger charge is -2.48. The molecule has 0 radical (unpaired) electrons. The second-order valence-corrected chi connectivity index (χ2v) is 8.12. The third-order valence-electron chi connectivity index (χ3n) is 6.49. The van der Waals surface area contributed by atoms with Crippen LogP contribution in [0, 0.1) is 11.8 Å². The highest BCUT2D eigenvalue weighted by Gasteiger charge is 2.49. The van der Waals surface area contributed by atoms with Gasteiger partial charge < -0.3 is 14.4 Å². The van der Waals surface area contributed by atoms with Crippen LogP contribution in [0.15, 0.2) is 0 Å². The van der Waals surface area contributed by atoms with Crippen LogP contribution in [0.5, 0.6) is 0 Å². The molecular formula is C19H38BrNO2. The first-order chi connectivity index (χ1) is 10.2. The maximum Gasteiger partial charge on any atom is 0.0894 e. The van der Waals surface area contributed by atoms with Gasteiger partial charge in [0.25, 0.3) is 0 Å². The first-order valence-electron chi connectivity index (χ1n) is 9.28. The number of hydrogen-bond acceptors (Lipinski definition) is 2. The van der Waals surface area contributed by atoms with Crippen LogP contribution in [0.4, 0.5) is 0 Å². The van der Waals surface area contributed by atoms with Gasteiger partial charge in [-0.25, -0.2) is 0 Å². The average Bonchev–Trinajstić information content (AvgIpc) is 2.64. The number of halogens is 1. The number of piperidine rings is 1. The van der Waals surface area contributed by atoms with E-state index in [1.807, 2.05) is 20.8 Å². The largest absolute Gasteiger partial charge is 0.550 e. The second kappa shape index (κ2) is 10.0. The number of carbonyl (C=O) groups excluding carboxylic acids is 1. The van der Waals surface area contributed by atoms with Crippen molar-refractivity contribution in [3.8, 4) is 0 Å². The molecule has 2 rings (SSSR count). The van der Waals surface area contributed by atoms with Gasteiger partial charge in [-0.05, 0) is 51.4 Å². The van der Waals surface area contributed by atoms with Crippen molar-refractivity contribution in [2.75, 3.05) is 7.05 Å². The Bertz CT molecular complexity index is 341. The van der Waals surface area contributed by atoms with Gasteiger partial charge in [0.2, 0.25) is 0 Å². The fourth-order valence-electron chi connectivity index (χ4n) is 4.58. The van der Waals surface area contributed by atoms with Gasteiger partial charge in [0, 0.05) is 18.8 Å². The van der Waals surface area contributed by atoms with Crippen molar-refractivity contribution in [3.05, 3.63) is 0 Å². The minimum Gasteiger partial charge on any atom is -0.550 e. The van der Waals surface area contributed by atoms with Crippen molar-refractivity contribution < 1.29 is 14.4 Å². The van der Waals surface area contributed by atoms with Gasteiger partial charge in [-0.3, -0.25) is 0 Å². The van der Waals surface area contributed by atoms with E-state index in [0.29, 0.717) is 5.92 Å². The molecule has 2 heterocycles. The third-order valence-corrected chi connectivity index (χ3v) is 6.49. The fraction of sp³-hybridized carbons (Fsp3) is 0.947. The van der Waals surface area contributed by atoms with Crippen LogP contribution in [0.25, 0.3) is 0 Å². The van der Waals surface area contributed by atoms with Gasteiger partial charge in [0.15, 0.2) is 0 Å². The second-order valence-electron chi connectivity index (χ2n) is 8.12. The molecule has 0 saturated carbocycles. The molecule has 2 bridgehead atoms. The molecule has 0 N–H and O–H groups in total. The van der Waals surface area contributed by atoms with Crippen molar-refractivity contribution >= 4 is 23.0 Å². The molecular weight excluding hydrogens is 354 g/mol. The lowest BCUT2D eigenvalue weighted by molar-refractivity contribution is -0.967. The summed E-state index contributed by atoms with van der Waals surface area (Å²) in [4.78, 5) is 10.2. The fourth-order valence-corrected chi connectivity index (χ4v) is 4.58. The molecule has 2 aliphatic heterocycles. The van der Waals surface area contributed by atoms with E-state index in [9.17, 15) is 9.90 Å². The van der Waals surface area contributed by atoms with Gasteiger partial charge in [0.05, 0.1) is 25.2 Å². The van der Waals surface area contributed by atoms with Crippen molar-refractivity contribution in [2.45, 2.75) is 97.7 Å². The summed E-state index contributed by atoms with van der Waals surface area (Å²) in [5.41, 5.74) is 0. The molecule has 3 unspecified atom stereocenters. The molecule has 0 aromatic rings. The molecule has 2 fully saturated rings. The molecule has 138 valence electrons. The van der Waals surface area contributed by atoms with E-state index in [0.717, 1.165) is 24.5 Å². The first-order valence-corrected chi connectivity index (χ1v) is 9.28. The Kier molecular flexibility index (Phi) is 9.99. The predicted molar refractivity (Wildman–Crippen MR) is 101 cm³/mol. The highest BCUT2D eigenvalue weighted by atomic mass is 79.9. The van der Waals surface area contributed by atoms with Gasteiger partial charge in [-0.1, -0.05) is 27.2 Å². The number of hydrogen-bond donors (Lipinski definition) is 0. The van der Waals surface area contributed by atoms with Gasteiger partial charge in [0.1, 0.15) is 0 Å². The van der Waals surface area contributed by atoms with Crippen molar-refractivity contribution in [3.63, 3.8) is 0 Å². The molecule has 3 nitrogen and oxygen atoms in total. The third kappa shape index (κ3) is 5.74. The molecule has 0 aromatic heterocycles. The molecule has 4 heteroatoms. The monoisotopic (exact) mass is 391 g/mol. The number of carbonyl (C=O) groups is 1. The number of carboxylic acids is 1. The van der Waals surface area contributed by atoms with E-state index in [1.165, 1.54) is 36.6 Å². The molecule has 0 aliphatic carbocycles. The molecule has 0 spiro atoms. The quantitative estimate of drug-likeness (QED) is 0.665. The lowest BCUT2D eigenvalue weighted by atomic mass is 9.90. The number of rotatable bonds is 5. The van der Waals surface area contributed by atoms with Gasteiger partial charge >= 0.3 is 0 Å². The summed E-state index contributed by atoms with van der Waals surface area (Å²) in [6, 6.07) is 2.84. The Morgan fingerprint density at radius 2 is 1.57 bits per heavy atom. The Labute approximate surface area is 154 Å². The van der Waals surface area contributed by atoms with Crippen LogP contribution in [0.3, 0.4) is 0 Å². The topological polar surface area (TPSA) is 40.1 Å². The van der Waals surface area contributed by atoms with Crippen LogP contribution in [0.1, 0.15) is 79.6 Å². The molecule has 23 heavy (non-hydrogen) atoms. The summed E-state index contributed by atoms with van der Waals surface area (Å²) in [5, 5.41) is 10.2. The van der Waals surface area contributed by atoms with E-state index < -0.39 is 5.97 Å². The van der Waals surface area contributed by atoms with Gasteiger partial charge in [-0.2, -0.15) is 0 Å². The predicted octanol–water partition coefficient (Wildman–Crippen LogP) is 3.94. The van der Waals surface area contributed by atoms with Crippen LogP contribution in [0.2, 0.25) is 0 Å². The summed E-state index contributed by atoms with van der Waals surface area (Å²) in [7, 11) is 2.49. The maximum atomic E-state index is 10.2. The number of carboxylic acid groups (broad SMARTS) is 1. The molecule has 0 aromatic carbocycles. The zero-order chi connectivity index (χ0) is 16.9. The SMILES string of the molecule is Br.CC(C)[N+]1(C)C2CCCC1CC2.CCC(CC(=O)[O-])C(C)C. The smallest absolute Gasteiger partial charge is 0.0894 e. The average molecular weight is 392 g/mol. The summed E-state index contributed by atoms with van der Waals surface area (Å²) >= 11 is 0. The number of quaternary nitrogens is 1. The standard InChI is InChI=1S/C11H22N.C8H16O2.BrH/c1-9(2)12(3)10-5-4-6-11(12)8-7-10;1-4-7(6(2)3)5-8(9)10;/h9-11H,4-8H2,1-3H3;6-7H,4-5H2,1-3H3,(H,9,10);1H/q+1;;/p-1. The van der Waals surface area contributed by atoms with Crippen molar-refractivity contribution in [1.29, 1.82) is 0 Å². The summed E-state index contributed by atoms with van der Waals surface area (Å²) in [5.74, 6) is -0.201. The Hall–Kier alpha value is -0.0900. The molecule has 3 atom stereocenters. The highest BCUT2D eigenvalue weighted by molar-refractivity contribution is 8.93. The molecule has 2 aliphatic rings. The van der Waals surface area contributed by atoms with Crippen LogP contribution in [-0.2, 0) is 4.79 Å². The van der Waals surface area contributed by atoms with E-state index in [-0.39, 0.29) is 29.3 Å². The van der Waals surface area contributed by atoms with Crippen LogP contribution in [-0.4, -0.2) is 35.6 Å². The summed E-state index contributed by atoms with van der Waals surface area (Å²) < 4.78 is 1.39. The number of nitrogens with zero attached hydrogens (tertiary/aromatic N) is 1. The molecule has 2 saturated heterocycles. The minimum atomic E-state index is -0.930. The van der Waals surface area contributed by atoms with Crippen molar-refractivity contribution in [1.82, 2.24) is 0 Å². The normalized spacial score (nSPS) is 30.4. The number of fused-ring (bicyclic) bond motifs is 2. The minimum absolute atomic E-state index is 0. The van der Waals surface area contributed by atoms with E-state index in [1.54, 1.807) is 0 Å². The van der Waals surface area contributed by atoms with E-state index in [2.05, 4.69) is 20.9 Å². The van der Waals surface area contributed by atoms with E-state index >= 15 is 0 Å². The Balaban J connectivity index is 0.000000412. The zero-order valence-electron chi connectivity index (χ0n) is 16.0. The van der Waals surface area contributed by atoms with E-state index in [4.69, 9.17) is 0 Å². The first kappa shape index (κ1) is 22.9. The summed E-state index contributed by atoms with van der Waals surface area (Å²) in [6.45, 7) is 10.9. The van der Waals surface area contributed by atoms with Gasteiger partial charge in [-0.15, -0.1) is 17.0 Å². The Morgan fingerprint density at radius 1 is 1.09 bits per heavy atom. The lowest BCUT2D eigenvalue weighted by Crippen LogP contribution is -2.59. The zero-order valence-corrected chi connectivity index (χ0v) is 17.7. The van der Waals surface area contributed by atoms with Crippen molar-refractivity contribution in [2.24, 2.45) is 11.8 Å². The maximum absolute atomic E-state index is 10.2. The highest BCUT2D eigenvalue weighted by Crippen LogP contribution is 2.42. The number of aliphatic carboxylic acids is 1.